The Balaban J connectivity index is 1.69. The SMILES string of the molecule is COn1c(=O)c(-c2cc(NC(=O)c3ccc(C)c(C(F)(F)F)c3)ccc2Cl)cc2cnc(NCCN(C)C)nc21. The van der Waals surface area contributed by atoms with Crippen molar-refractivity contribution in [3.8, 4) is 11.1 Å². The number of alkyl halides is 3. The van der Waals surface area contributed by atoms with Crippen molar-refractivity contribution in [2.24, 2.45) is 0 Å². The minimum Gasteiger partial charge on any atom is -0.412 e. The number of amides is 1. The number of pyridine rings is 1. The van der Waals surface area contributed by atoms with E-state index in [1.807, 2.05) is 19.0 Å². The lowest BCUT2D eigenvalue weighted by atomic mass is 10.0. The molecule has 1 amide bonds. The number of anilines is 2. The molecule has 0 unspecified atom stereocenters. The molecular weight excluding hydrogens is 549 g/mol. The molecule has 13 heteroatoms. The van der Waals surface area contributed by atoms with Crippen LogP contribution in [0.2, 0.25) is 5.02 Å². The molecular formula is C27H26ClF3N6O3. The molecule has 0 aliphatic rings. The Morgan fingerprint density at radius 2 is 1.88 bits per heavy atom. The number of fused-ring (bicyclic) bond motifs is 1. The first kappa shape index (κ1) is 28.8. The van der Waals surface area contributed by atoms with Gasteiger partial charge in [0.05, 0.1) is 11.1 Å². The maximum absolute atomic E-state index is 13.4. The zero-order valence-corrected chi connectivity index (χ0v) is 22.8. The summed E-state index contributed by atoms with van der Waals surface area (Å²) in [4.78, 5) is 42.2. The maximum Gasteiger partial charge on any atom is 0.416 e. The average Bonchev–Trinajstić information content (AvgIpc) is 2.89. The summed E-state index contributed by atoms with van der Waals surface area (Å²) in [6.07, 6.45) is -3.06. The van der Waals surface area contributed by atoms with E-state index in [0.717, 1.165) is 17.3 Å². The summed E-state index contributed by atoms with van der Waals surface area (Å²) in [7, 11) is 5.19. The largest absolute Gasteiger partial charge is 0.416 e. The molecule has 2 heterocycles. The van der Waals surface area contributed by atoms with Crippen LogP contribution < -0.4 is 21.0 Å². The van der Waals surface area contributed by atoms with E-state index in [9.17, 15) is 22.8 Å². The second kappa shape index (κ2) is 11.5. The predicted molar refractivity (Wildman–Crippen MR) is 148 cm³/mol. The number of halogens is 4. The first-order valence-electron chi connectivity index (χ1n) is 12.0. The normalized spacial score (nSPS) is 11.6. The van der Waals surface area contributed by atoms with Gasteiger partial charge in [0.25, 0.3) is 11.5 Å². The number of carbonyl (C=O) groups excluding carboxylic acids is 1. The number of hydrogen-bond acceptors (Lipinski definition) is 7. The Morgan fingerprint density at radius 1 is 1.12 bits per heavy atom. The second-order valence-electron chi connectivity index (χ2n) is 9.22. The van der Waals surface area contributed by atoms with Gasteiger partial charge in [-0.2, -0.15) is 18.2 Å². The average molecular weight is 575 g/mol. The quantitative estimate of drug-likeness (QED) is 0.314. The van der Waals surface area contributed by atoms with Crippen LogP contribution in [0.1, 0.15) is 21.5 Å². The second-order valence-corrected chi connectivity index (χ2v) is 9.63. The molecule has 0 aliphatic carbocycles. The summed E-state index contributed by atoms with van der Waals surface area (Å²) >= 11 is 6.43. The molecule has 2 aromatic heterocycles. The smallest absolute Gasteiger partial charge is 0.412 e. The van der Waals surface area contributed by atoms with E-state index in [1.165, 1.54) is 50.6 Å². The monoisotopic (exact) mass is 574 g/mol. The maximum atomic E-state index is 13.4. The van der Waals surface area contributed by atoms with Gasteiger partial charge in [0.15, 0.2) is 5.65 Å². The Labute approximate surface area is 232 Å². The summed E-state index contributed by atoms with van der Waals surface area (Å²) in [5.41, 5.74) is -0.763. The molecule has 40 heavy (non-hydrogen) atoms. The van der Waals surface area contributed by atoms with E-state index in [4.69, 9.17) is 16.4 Å². The molecule has 2 aromatic carbocycles. The molecule has 4 rings (SSSR count). The third kappa shape index (κ3) is 6.18. The van der Waals surface area contributed by atoms with Crippen molar-refractivity contribution in [2.45, 2.75) is 13.1 Å². The van der Waals surface area contributed by atoms with Crippen molar-refractivity contribution in [3.63, 3.8) is 0 Å². The van der Waals surface area contributed by atoms with Gasteiger partial charge in [0, 0.05) is 46.5 Å². The van der Waals surface area contributed by atoms with Crippen LogP contribution in [0, 0.1) is 6.92 Å². The number of likely N-dealkylation sites (N-methyl/N-ethyl adjacent to an activating group) is 1. The third-order valence-corrected chi connectivity index (χ3v) is 6.38. The molecule has 210 valence electrons. The van der Waals surface area contributed by atoms with Crippen LogP contribution in [0.5, 0.6) is 0 Å². The highest BCUT2D eigenvalue weighted by Gasteiger charge is 2.33. The number of hydrogen-bond donors (Lipinski definition) is 2. The number of rotatable bonds is 8. The summed E-state index contributed by atoms with van der Waals surface area (Å²) in [6.45, 7) is 2.65. The first-order chi connectivity index (χ1) is 18.9. The van der Waals surface area contributed by atoms with Gasteiger partial charge in [0.2, 0.25) is 5.95 Å². The van der Waals surface area contributed by atoms with Gasteiger partial charge in [0.1, 0.15) is 7.11 Å². The van der Waals surface area contributed by atoms with Gasteiger partial charge in [-0.25, -0.2) is 4.98 Å². The van der Waals surface area contributed by atoms with E-state index in [-0.39, 0.29) is 38.6 Å². The fourth-order valence-corrected chi connectivity index (χ4v) is 4.21. The van der Waals surface area contributed by atoms with Crippen molar-refractivity contribution < 1.29 is 22.8 Å². The highest BCUT2D eigenvalue weighted by Crippen LogP contribution is 2.33. The summed E-state index contributed by atoms with van der Waals surface area (Å²) in [5, 5.41) is 6.35. The molecule has 0 saturated carbocycles. The molecule has 0 spiro atoms. The van der Waals surface area contributed by atoms with Crippen LogP contribution in [0.4, 0.5) is 24.8 Å². The van der Waals surface area contributed by atoms with Crippen molar-refractivity contribution in [1.82, 2.24) is 19.6 Å². The van der Waals surface area contributed by atoms with E-state index in [2.05, 4.69) is 20.6 Å². The van der Waals surface area contributed by atoms with Gasteiger partial charge in [-0.05, 0) is 63.0 Å². The number of aromatic nitrogens is 3. The van der Waals surface area contributed by atoms with Crippen molar-refractivity contribution in [1.29, 1.82) is 0 Å². The van der Waals surface area contributed by atoms with E-state index in [0.29, 0.717) is 17.9 Å². The summed E-state index contributed by atoms with van der Waals surface area (Å²) < 4.78 is 41.0. The number of carbonyl (C=O) groups is 1. The Morgan fingerprint density at radius 3 is 2.55 bits per heavy atom. The van der Waals surface area contributed by atoms with Crippen LogP contribution in [0.3, 0.4) is 0 Å². The minimum atomic E-state index is -4.60. The van der Waals surface area contributed by atoms with Gasteiger partial charge in [-0.1, -0.05) is 17.7 Å². The van der Waals surface area contributed by atoms with E-state index in [1.54, 1.807) is 6.07 Å². The predicted octanol–water partition coefficient (Wildman–Crippen LogP) is 4.72. The minimum absolute atomic E-state index is 0.00370. The fourth-order valence-electron chi connectivity index (χ4n) is 3.99. The molecule has 0 bridgehead atoms. The number of benzene rings is 2. The molecule has 9 nitrogen and oxygen atoms in total. The van der Waals surface area contributed by atoms with Gasteiger partial charge in [-0.15, -0.1) is 4.73 Å². The standard InChI is InChI=1S/C27H26ClF3N6O3/c1-15-5-6-16(12-21(15)27(29,30)31)24(38)34-18-7-8-22(28)19(13-18)20-11-17-14-33-26(32-9-10-36(2)3)35-23(17)37(40-4)25(20)39/h5-8,11-14H,9-10H2,1-4H3,(H,34,38)(H,32,33,35). The molecule has 2 N–H and O–H groups in total. The molecule has 0 radical (unpaired) electrons. The zero-order valence-electron chi connectivity index (χ0n) is 22.1. The third-order valence-electron chi connectivity index (χ3n) is 6.05. The van der Waals surface area contributed by atoms with Crippen molar-refractivity contribution in [2.75, 3.05) is 44.9 Å². The Bertz CT molecular complexity index is 1640. The van der Waals surface area contributed by atoms with Gasteiger partial charge < -0.3 is 20.4 Å². The van der Waals surface area contributed by atoms with Crippen molar-refractivity contribution >= 4 is 40.2 Å². The van der Waals surface area contributed by atoms with Gasteiger partial charge >= 0.3 is 6.18 Å². The highest BCUT2D eigenvalue weighted by molar-refractivity contribution is 6.33. The molecule has 0 fully saturated rings. The Hall–Kier alpha value is -4.16. The highest BCUT2D eigenvalue weighted by atomic mass is 35.5. The molecule has 4 aromatic rings. The van der Waals surface area contributed by atoms with Crippen molar-refractivity contribution in [3.05, 3.63) is 80.7 Å². The lowest BCUT2D eigenvalue weighted by Crippen LogP contribution is -2.28. The van der Waals surface area contributed by atoms with Crippen LogP contribution in [0.15, 0.2) is 53.5 Å². The van der Waals surface area contributed by atoms with Crippen LogP contribution >= 0.6 is 11.6 Å². The molecule has 0 atom stereocenters. The summed E-state index contributed by atoms with van der Waals surface area (Å²) in [5.74, 6) is -0.436. The van der Waals surface area contributed by atoms with Crippen LogP contribution in [-0.4, -0.2) is 59.8 Å². The van der Waals surface area contributed by atoms with E-state index >= 15 is 0 Å². The first-order valence-corrected chi connectivity index (χ1v) is 12.4. The number of nitrogens with zero attached hydrogens (tertiary/aromatic N) is 4. The number of aryl methyl sites for hydroxylation is 1. The topological polar surface area (TPSA) is 101 Å². The zero-order chi connectivity index (χ0) is 29.2. The number of nitrogens with one attached hydrogen (secondary N) is 2. The lowest BCUT2D eigenvalue weighted by molar-refractivity contribution is -0.138. The van der Waals surface area contributed by atoms with Crippen LogP contribution in [-0.2, 0) is 6.18 Å². The molecule has 0 aliphatic heterocycles. The van der Waals surface area contributed by atoms with Gasteiger partial charge in [-0.3, -0.25) is 9.59 Å². The van der Waals surface area contributed by atoms with E-state index < -0.39 is 23.2 Å². The fraction of sp³-hybridized carbons (Fsp3) is 0.259. The summed E-state index contributed by atoms with van der Waals surface area (Å²) in [6, 6.07) is 9.30. The molecule has 0 saturated heterocycles. The van der Waals surface area contributed by atoms with Crippen LogP contribution in [0.25, 0.3) is 22.2 Å². The lowest BCUT2D eigenvalue weighted by Gasteiger charge is -2.14. The Kier molecular flexibility index (Phi) is 8.31.